The van der Waals surface area contributed by atoms with E-state index >= 15 is 0 Å². The number of ether oxygens (including phenoxy) is 1. The van der Waals surface area contributed by atoms with Crippen molar-refractivity contribution in [2.45, 2.75) is 52.2 Å². The molecular formula is C12H24N2O2. The van der Waals surface area contributed by atoms with Gasteiger partial charge in [-0.3, -0.25) is 0 Å². The first kappa shape index (κ1) is 13.3. The van der Waals surface area contributed by atoms with Gasteiger partial charge in [0.1, 0.15) is 5.60 Å². The third-order valence-electron chi connectivity index (χ3n) is 2.34. The molecule has 0 bridgehead atoms. The van der Waals surface area contributed by atoms with Gasteiger partial charge in [0.15, 0.2) is 0 Å². The number of amides is 1. The summed E-state index contributed by atoms with van der Waals surface area (Å²) >= 11 is 0. The molecule has 0 aliphatic heterocycles. The number of carbonyl (C=O) groups excluding carboxylic acids is 1. The molecule has 0 spiro atoms. The second-order valence-electron chi connectivity index (χ2n) is 5.65. The van der Waals surface area contributed by atoms with Crippen LogP contribution in [0.1, 0.15) is 40.5 Å². The monoisotopic (exact) mass is 228 g/mol. The molecular weight excluding hydrogens is 204 g/mol. The second kappa shape index (κ2) is 5.53. The summed E-state index contributed by atoms with van der Waals surface area (Å²) in [7, 11) is 0. The van der Waals surface area contributed by atoms with Gasteiger partial charge >= 0.3 is 6.09 Å². The molecule has 1 rings (SSSR count). The topological polar surface area (TPSA) is 50.4 Å². The molecule has 1 aliphatic carbocycles. The van der Waals surface area contributed by atoms with Gasteiger partial charge in [0.2, 0.25) is 0 Å². The molecule has 1 atom stereocenters. The van der Waals surface area contributed by atoms with Crippen molar-refractivity contribution in [1.29, 1.82) is 0 Å². The number of hydrogen-bond donors (Lipinski definition) is 2. The molecule has 4 heteroatoms. The highest BCUT2D eigenvalue weighted by molar-refractivity contribution is 5.68. The Kier molecular flexibility index (Phi) is 4.59. The van der Waals surface area contributed by atoms with Crippen molar-refractivity contribution in [2.24, 2.45) is 5.92 Å². The average Bonchev–Trinajstić information content (AvgIpc) is 2.83. The van der Waals surface area contributed by atoms with E-state index in [0.29, 0.717) is 0 Å². The fourth-order valence-corrected chi connectivity index (χ4v) is 1.39. The van der Waals surface area contributed by atoms with Crippen LogP contribution in [0.4, 0.5) is 4.79 Å². The van der Waals surface area contributed by atoms with Crippen LogP contribution in [0.5, 0.6) is 0 Å². The fraction of sp³-hybridized carbons (Fsp3) is 0.917. The zero-order valence-electron chi connectivity index (χ0n) is 10.8. The molecule has 1 amide bonds. The minimum atomic E-state index is -0.425. The lowest BCUT2D eigenvalue weighted by Gasteiger charge is -2.22. The summed E-state index contributed by atoms with van der Waals surface area (Å²) in [5.74, 6) is 0.869. The quantitative estimate of drug-likeness (QED) is 0.755. The Morgan fingerprint density at radius 1 is 1.44 bits per heavy atom. The molecule has 0 aromatic heterocycles. The van der Waals surface area contributed by atoms with Crippen LogP contribution >= 0.6 is 0 Å². The molecule has 16 heavy (non-hydrogen) atoms. The zero-order valence-corrected chi connectivity index (χ0v) is 10.8. The van der Waals surface area contributed by atoms with E-state index < -0.39 is 5.60 Å². The number of nitrogens with one attached hydrogen (secondary N) is 2. The van der Waals surface area contributed by atoms with Crippen molar-refractivity contribution in [3.8, 4) is 0 Å². The Hall–Kier alpha value is -0.770. The molecule has 94 valence electrons. The van der Waals surface area contributed by atoms with Gasteiger partial charge in [0.05, 0.1) is 0 Å². The molecule has 0 aromatic rings. The second-order valence-corrected chi connectivity index (χ2v) is 5.65. The predicted molar refractivity (Wildman–Crippen MR) is 64.4 cm³/mol. The van der Waals surface area contributed by atoms with Gasteiger partial charge in [0.25, 0.3) is 0 Å². The molecule has 1 aliphatic rings. The van der Waals surface area contributed by atoms with E-state index in [4.69, 9.17) is 4.74 Å². The van der Waals surface area contributed by atoms with Crippen LogP contribution in [-0.4, -0.2) is 30.8 Å². The standard InChI is InChI=1S/C12H24N2O2/c1-9(7-13-8-10-5-6-10)14-11(15)16-12(2,3)4/h9-10,13H,5-8H2,1-4H3,(H,14,15)/t9-/m1/s1. The summed E-state index contributed by atoms with van der Waals surface area (Å²) in [6.45, 7) is 9.44. The summed E-state index contributed by atoms with van der Waals surface area (Å²) in [6.07, 6.45) is 2.36. The van der Waals surface area contributed by atoms with Crippen LogP contribution in [0, 0.1) is 5.92 Å². The SMILES string of the molecule is C[C@H](CNCC1CC1)NC(=O)OC(C)(C)C. The Bertz CT molecular complexity index is 232. The summed E-state index contributed by atoms with van der Waals surface area (Å²) in [6, 6.07) is 0.105. The Morgan fingerprint density at radius 2 is 2.06 bits per heavy atom. The minimum absolute atomic E-state index is 0.105. The minimum Gasteiger partial charge on any atom is -0.444 e. The van der Waals surface area contributed by atoms with E-state index in [1.807, 2.05) is 27.7 Å². The van der Waals surface area contributed by atoms with Gasteiger partial charge in [-0.1, -0.05) is 0 Å². The maximum absolute atomic E-state index is 11.4. The molecule has 0 heterocycles. The zero-order chi connectivity index (χ0) is 12.2. The van der Waals surface area contributed by atoms with Crippen molar-refractivity contribution >= 4 is 6.09 Å². The van der Waals surface area contributed by atoms with E-state index in [1.54, 1.807) is 0 Å². The molecule has 1 fully saturated rings. The lowest BCUT2D eigenvalue weighted by Crippen LogP contribution is -2.42. The van der Waals surface area contributed by atoms with Crippen LogP contribution in [0.25, 0.3) is 0 Å². The third-order valence-corrected chi connectivity index (χ3v) is 2.34. The number of alkyl carbamates (subject to hydrolysis) is 1. The molecule has 4 nitrogen and oxygen atoms in total. The highest BCUT2D eigenvalue weighted by Crippen LogP contribution is 2.27. The predicted octanol–water partition coefficient (Wildman–Crippen LogP) is 1.90. The fourth-order valence-electron chi connectivity index (χ4n) is 1.39. The largest absolute Gasteiger partial charge is 0.444 e. The molecule has 2 N–H and O–H groups in total. The molecule has 0 saturated heterocycles. The lowest BCUT2D eigenvalue weighted by atomic mass is 10.2. The number of carbonyl (C=O) groups is 1. The summed E-state index contributed by atoms with van der Waals surface area (Å²) in [5, 5.41) is 6.15. The van der Waals surface area contributed by atoms with Crippen LogP contribution in [0.2, 0.25) is 0 Å². The summed E-state index contributed by atoms with van der Waals surface area (Å²) in [4.78, 5) is 11.4. The summed E-state index contributed by atoms with van der Waals surface area (Å²) in [5.41, 5.74) is -0.425. The normalized spacial score (nSPS) is 18.0. The Balaban J connectivity index is 2.07. The average molecular weight is 228 g/mol. The smallest absolute Gasteiger partial charge is 0.407 e. The van der Waals surface area contributed by atoms with E-state index in [9.17, 15) is 4.79 Å². The van der Waals surface area contributed by atoms with Gasteiger partial charge < -0.3 is 15.4 Å². The number of rotatable bonds is 5. The highest BCUT2D eigenvalue weighted by Gasteiger charge is 2.21. The molecule has 1 saturated carbocycles. The van der Waals surface area contributed by atoms with E-state index in [-0.39, 0.29) is 12.1 Å². The Labute approximate surface area is 98.1 Å². The van der Waals surface area contributed by atoms with Gasteiger partial charge in [-0.15, -0.1) is 0 Å². The van der Waals surface area contributed by atoms with Crippen LogP contribution < -0.4 is 10.6 Å². The molecule has 0 aromatic carbocycles. The van der Waals surface area contributed by atoms with Crippen molar-refractivity contribution in [1.82, 2.24) is 10.6 Å². The maximum atomic E-state index is 11.4. The van der Waals surface area contributed by atoms with Crippen molar-refractivity contribution in [2.75, 3.05) is 13.1 Å². The van der Waals surface area contributed by atoms with E-state index in [1.165, 1.54) is 12.8 Å². The molecule has 0 unspecified atom stereocenters. The molecule has 0 radical (unpaired) electrons. The van der Waals surface area contributed by atoms with Gasteiger partial charge in [-0.2, -0.15) is 0 Å². The van der Waals surface area contributed by atoms with Crippen molar-refractivity contribution < 1.29 is 9.53 Å². The highest BCUT2D eigenvalue weighted by atomic mass is 16.6. The first-order valence-corrected chi connectivity index (χ1v) is 6.07. The van der Waals surface area contributed by atoms with Crippen LogP contribution in [-0.2, 0) is 4.74 Å². The van der Waals surface area contributed by atoms with Crippen molar-refractivity contribution in [3.05, 3.63) is 0 Å². The van der Waals surface area contributed by atoms with Gasteiger partial charge in [-0.25, -0.2) is 4.79 Å². The van der Waals surface area contributed by atoms with E-state index in [0.717, 1.165) is 19.0 Å². The number of hydrogen-bond acceptors (Lipinski definition) is 3. The van der Waals surface area contributed by atoms with E-state index in [2.05, 4.69) is 10.6 Å². The third kappa shape index (κ3) is 6.67. The first-order chi connectivity index (χ1) is 7.37. The van der Waals surface area contributed by atoms with Crippen LogP contribution in [0.3, 0.4) is 0 Å². The van der Waals surface area contributed by atoms with Gasteiger partial charge in [-0.05, 0) is 53.0 Å². The van der Waals surface area contributed by atoms with Crippen molar-refractivity contribution in [3.63, 3.8) is 0 Å². The Morgan fingerprint density at radius 3 is 2.56 bits per heavy atom. The first-order valence-electron chi connectivity index (χ1n) is 6.07. The van der Waals surface area contributed by atoms with Gasteiger partial charge in [0, 0.05) is 12.6 Å². The lowest BCUT2D eigenvalue weighted by molar-refractivity contribution is 0.0508. The summed E-state index contributed by atoms with van der Waals surface area (Å²) < 4.78 is 5.17. The van der Waals surface area contributed by atoms with Crippen LogP contribution in [0.15, 0.2) is 0 Å². The maximum Gasteiger partial charge on any atom is 0.407 e.